The zero-order valence-corrected chi connectivity index (χ0v) is 6.58. The Hall–Kier alpha value is 0.250. The van der Waals surface area contributed by atoms with Crippen LogP contribution in [0.15, 0.2) is 0 Å². The first kappa shape index (κ1) is 7.36. The number of hydrogen-bond donors (Lipinski definition) is 1. The molecular weight excluding hydrogens is 134 g/mol. The Morgan fingerprint density at radius 3 is 2.33 bits per heavy atom. The second-order valence-electron chi connectivity index (χ2n) is 3.13. The topological polar surface area (TPSA) is 12.0 Å². The van der Waals surface area contributed by atoms with Gasteiger partial charge in [-0.2, -0.15) is 0 Å². The van der Waals surface area contributed by atoms with E-state index in [-0.39, 0.29) is 12.4 Å². The van der Waals surface area contributed by atoms with Gasteiger partial charge in [0.25, 0.3) is 0 Å². The molecule has 0 saturated heterocycles. The highest BCUT2D eigenvalue weighted by Gasteiger charge is 2.47. The summed E-state index contributed by atoms with van der Waals surface area (Å²) in [6, 6.07) is 0.889. The summed E-state index contributed by atoms with van der Waals surface area (Å²) in [6.45, 7) is 0. The van der Waals surface area contributed by atoms with Crippen LogP contribution in [0.5, 0.6) is 0 Å². The van der Waals surface area contributed by atoms with E-state index >= 15 is 0 Å². The van der Waals surface area contributed by atoms with Crippen molar-refractivity contribution in [2.24, 2.45) is 11.8 Å². The van der Waals surface area contributed by atoms with Crippen molar-refractivity contribution in [1.29, 1.82) is 0 Å². The van der Waals surface area contributed by atoms with Gasteiger partial charge in [0.05, 0.1) is 0 Å². The number of halogens is 1. The van der Waals surface area contributed by atoms with Crippen molar-refractivity contribution in [2.45, 2.75) is 25.3 Å². The lowest BCUT2D eigenvalue weighted by atomic mass is 10.2. The zero-order chi connectivity index (χ0) is 5.56. The highest BCUT2D eigenvalue weighted by Crippen LogP contribution is 2.51. The molecule has 2 saturated carbocycles. The van der Waals surface area contributed by atoms with Gasteiger partial charge in [0, 0.05) is 6.04 Å². The molecule has 0 aliphatic heterocycles. The summed E-state index contributed by atoms with van der Waals surface area (Å²) >= 11 is 0. The molecule has 0 aromatic rings. The summed E-state index contributed by atoms with van der Waals surface area (Å²) in [5, 5.41) is 3.36. The standard InChI is InChI=1S/C7H13N.ClH/c1-8-7-3-2-5-4-6(5)7;/h5-8H,2-4H2,1H3;1H/t5-,6+,7-;/m1./s1. The predicted octanol–water partition coefficient (Wildman–Crippen LogP) is 1.43. The van der Waals surface area contributed by atoms with Crippen LogP contribution in [-0.2, 0) is 0 Å². The van der Waals surface area contributed by atoms with E-state index in [0.29, 0.717) is 0 Å². The van der Waals surface area contributed by atoms with Crippen molar-refractivity contribution in [3.63, 3.8) is 0 Å². The van der Waals surface area contributed by atoms with Crippen molar-refractivity contribution in [2.75, 3.05) is 7.05 Å². The minimum absolute atomic E-state index is 0. The maximum Gasteiger partial charge on any atom is 0.00951 e. The molecule has 0 bridgehead atoms. The van der Waals surface area contributed by atoms with E-state index in [0.717, 1.165) is 17.9 Å². The molecule has 2 aliphatic rings. The molecule has 0 aromatic carbocycles. The Balaban J connectivity index is 0.000000405. The molecule has 0 spiro atoms. The number of fused-ring (bicyclic) bond motifs is 1. The third-order valence-electron chi connectivity index (χ3n) is 2.71. The van der Waals surface area contributed by atoms with Crippen molar-refractivity contribution in [3.8, 4) is 0 Å². The van der Waals surface area contributed by atoms with Gasteiger partial charge in [0.1, 0.15) is 0 Å². The second-order valence-corrected chi connectivity index (χ2v) is 3.13. The first-order valence-electron chi connectivity index (χ1n) is 3.59. The number of rotatable bonds is 1. The fourth-order valence-electron chi connectivity index (χ4n) is 2.06. The van der Waals surface area contributed by atoms with Gasteiger partial charge in [-0.05, 0) is 38.1 Å². The summed E-state index contributed by atoms with van der Waals surface area (Å²) < 4.78 is 0. The molecule has 0 radical (unpaired) electrons. The Morgan fingerprint density at radius 2 is 2.11 bits per heavy atom. The maximum atomic E-state index is 3.36. The van der Waals surface area contributed by atoms with Crippen LogP contribution in [0.1, 0.15) is 19.3 Å². The van der Waals surface area contributed by atoms with Crippen LogP contribution in [0.3, 0.4) is 0 Å². The summed E-state index contributed by atoms with van der Waals surface area (Å²) in [5.74, 6) is 2.22. The maximum absolute atomic E-state index is 3.36. The van der Waals surface area contributed by atoms with Gasteiger partial charge in [0.2, 0.25) is 0 Å². The van der Waals surface area contributed by atoms with E-state index in [1.165, 1.54) is 19.3 Å². The molecular formula is C7H14ClN. The lowest BCUT2D eigenvalue weighted by Gasteiger charge is -2.07. The van der Waals surface area contributed by atoms with E-state index in [2.05, 4.69) is 12.4 Å². The quantitative estimate of drug-likeness (QED) is 0.592. The Labute approximate surface area is 62.6 Å². The lowest BCUT2D eigenvalue weighted by Crippen LogP contribution is -2.24. The summed E-state index contributed by atoms with van der Waals surface area (Å²) in [4.78, 5) is 0. The van der Waals surface area contributed by atoms with Gasteiger partial charge < -0.3 is 5.32 Å². The van der Waals surface area contributed by atoms with Crippen molar-refractivity contribution in [3.05, 3.63) is 0 Å². The highest BCUT2D eigenvalue weighted by atomic mass is 35.5. The Bertz CT molecular complexity index is 105. The molecule has 2 aliphatic carbocycles. The molecule has 2 fully saturated rings. The van der Waals surface area contributed by atoms with Crippen LogP contribution < -0.4 is 5.32 Å². The first-order valence-corrected chi connectivity index (χ1v) is 3.59. The van der Waals surface area contributed by atoms with E-state index in [1.807, 2.05) is 0 Å². The van der Waals surface area contributed by atoms with E-state index in [9.17, 15) is 0 Å². The normalized spacial score (nSPS) is 45.7. The molecule has 54 valence electrons. The van der Waals surface area contributed by atoms with Gasteiger partial charge in [-0.15, -0.1) is 12.4 Å². The molecule has 1 nitrogen and oxygen atoms in total. The van der Waals surface area contributed by atoms with Crippen molar-refractivity contribution in [1.82, 2.24) is 5.32 Å². The third-order valence-corrected chi connectivity index (χ3v) is 2.71. The molecule has 2 heteroatoms. The minimum atomic E-state index is 0. The van der Waals surface area contributed by atoms with Crippen LogP contribution in [0, 0.1) is 11.8 Å². The molecule has 0 unspecified atom stereocenters. The van der Waals surface area contributed by atoms with Gasteiger partial charge >= 0.3 is 0 Å². The van der Waals surface area contributed by atoms with Crippen LogP contribution in [0.25, 0.3) is 0 Å². The monoisotopic (exact) mass is 147 g/mol. The number of nitrogens with one attached hydrogen (secondary N) is 1. The average Bonchev–Trinajstić information content (AvgIpc) is 2.46. The molecule has 1 N–H and O–H groups in total. The highest BCUT2D eigenvalue weighted by molar-refractivity contribution is 5.85. The van der Waals surface area contributed by atoms with E-state index in [4.69, 9.17) is 0 Å². The van der Waals surface area contributed by atoms with Gasteiger partial charge in [-0.3, -0.25) is 0 Å². The molecule has 0 amide bonds. The van der Waals surface area contributed by atoms with Gasteiger partial charge in [-0.25, -0.2) is 0 Å². The SMILES string of the molecule is CN[C@@H]1CC[C@@H]2C[C@@H]21.Cl. The zero-order valence-electron chi connectivity index (χ0n) is 5.76. The Kier molecular flexibility index (Phi) is 2.02. The minimum Gasteiger partial charge on any atom is -0.317 e. The average molecular weight is 148 g/mol. The van der Waals surface area contributed by atoms with Gasteiger partial charge in [0.15, 0.2) is 0 Å². The fourth-order valence-corrected chi connectivity index (χ4v) is 2.06. The Morgan fingerprint density at radius 1 is 1.33 bits per heavy atom. The smallest absolute Gasteiger partial charge is 0.00951 e. The molecule has 2 rings (SSSR count). The lowest BCUT2D eigenvalue weighted by molar-refractivity contribution is 0.519. The summed E-state index contributed by atoms with van der Waals surface area (Å²) in [5.41, 5.74) is 0. The third kappa shape index (κ3) is 1.08. The molecule has 0 aromatic heterocycles. The summed E-state index contributed by atoms with van der Waals surface area (Å²) in [7, 11) is 2.09. The van der Waals surface area contributed by atoms with E-state index in [1.54, 1.807) is 0 Å². The molecule has 3 atom stereocenters. The molecule has 9 heavy (non-hydrogen) atoms. The van der Waals surface area contributed by atoms with Crippen LogP contribution in [0.4, 0.5) is 0 Å². The largest absolute Gasteiger partial charge is 0.317 e. The van der Waals surface area contributed by atoms with Crippen LogP contribution >= 0.6 is 12.4 Å². The summed E-state index contributed by atoms with van der Waals surface area (Å²) in [6.07, 6.45) is 4.45. The van der Waals surface area contributed by atoms with Crippen molar-refractivity contribution < 1.29 is 0 Å². The predicted molar refractivity (Wildman–Crippen MR) is 40.9 cm³/mol. The van der Waals surface area contributed by atoms with Crippen LogP contribution in [0.2, 0.25) is 0 Å². The molecule has 0 heterocycles. The van der Waals surface area contributed by atoms with Crippen LogP contribution in [-0.4, -0.2) is 13.1 Å². The van der Waals surface area contributed by atoms with Gasteiger partial charge in [-0.1, -0.05) is 0 Å². The number of hydrogen-bond acceptors (Lipinski definition) is 1. The fraction of sp³-hybridized carbons (Fsp3) is 1.00. The second kappa shape index (κ2) is 2.47. The first-order chi connectivity index (χ1) is 3.92. The van der Waals surface area contributed by atoms with E-state index < -0.39 is 0 Å². The van der Waals surface area contributed by atoms with Crippen molar-refractivity contribution >= 4 is 12.4 Å².